The molecule has 0 radical (unpaired) electrons. The fourth-order valence-corrected chi connectivity index (χ4v) is 1.71. The van der Waals surface area contributed by atoms with Crippen molar-refractivity contribution in [1.82, 2.24) is 4.98 Å². The first-order valence-corrected chi connectivity index (χ1v) is 6.20. The van der Waals surface area contributed by atoms with Crippen molar-refractivity contribution in [2.75, 3.05) is 11.9 Å². The third kappa shape index (κ3) is 2.76. The van der Waals surface area contributed by atoms with Crippen molar-refractivity contribution in [2.45, 2.75) is 27.2 Å². The van der Waals surface area contributed by atoms with Crippen molar-refractivity contribution in [3.63, 3.8) is 0 Å². The summed E-state index contributed by atoms with van der Waals surface area (Å²) in [6.07, 6.45) is 3.03. The number of fused-ring (bicyclic) bond motifs is 1. The van der Waals surface area contributed by atoms with Crippen molar-refractivity contribution in [2.24, 2.45) is 5.41 Å². The summed E-state index contributed by atoms with van der Waals surface area (Å²) in [5.74, 6) is 0. The lowest BCUT2D eigenvalue weighted by molar-refractivity contribution is 0.377. The average Bonchev–Trinajstić information content (AvgIpc) is 2.36. The SMILES string of the molecule is CCC(C)(C)CNc1ccnc2ccccc12. The van der Waals surface area contributed by atoms with E-state index in [4.69, 9.17) is 0 Å². The Balaban J connectivity index is 2.24. The number of nitrogens with one attached hydrogen (secondary N) is 1. The molecule has 90 valence electrons. The van der Waals surface area contributed by atoms with Gasteiger partial charge in [-0.25, -0.2) is 0 Å². The van der Waals surface area contributed by atoms with Crippen molar-refractivity contribution < 1.29 is 0 Å². The largest absolute Gasteiger partial charge is 0.384 e. The van der Waals surface area contributed by atoms with E-state index in [1.54, 1.807) is 0 Å². The molecule has 0 unspecified atom stereocenters. The second-order valence-electron chi connectivity index (χ2n) is 5.25. The van der Waals surface area contributed by atoms with Crippen molar-refractivity contribution in [1.29, 1.82) is 0 Å². The van der Waals surface area contributed by atoms with Gasteiger partial charge in [0.2, 0.25) is 0 Å². The molecule has 2 nitrogen and oxygen atoms in total. The number of anilines is 1. The topological polar surface area (TPSA) is 24.9 Å². The van der Waals surface area contributed by atoms with E-state index in [1.165, 1.54) is 17.5 Å². The number of para-hydroxylation sites is 1. The van der Waals surface area contributed by atoms with Gasteiger partial charge >= 0.3 is 0 Å². The highest BCUT2D eigenvalue weighted by molar-refractivity contribution is 5.90. The average molecular weight is 228 g/mol. The molecule has 0 aliphatic rings. The highest BCUT2D eigenvalue weighted by Crippen LogP contribution is 2.24. The predicted molar refractivity (Wildman–Crippen MR) is 74.3 cm³/mol. The maximum absolute atomic E-state index is 4.37. The smallest absolute Gasteiger partial charge is 0.0722 e. The fraction of sp³-hybridized carbons (Fsp3) is 0.400. The molecule has 1 heterocycles. The monoisotopic (exact) mass is 228 g/mol. The first-order valence-electron chi connectivity index (χ1n) is 6.20. The Hall–Kier alpha value is -1.57. The van der Waals surface area contributed by atoms with E-state index in [2.05, 4.69) is 43.2 Å². The maximum Gasteiger partial charge on any atom is 0.0722 e. The molecular formula is C15H20N2. The molecular weight excluding hydrogens is 208 g/mol. The van der Waals surface area contributed by atoms with Crippen LogP contribution >= 0.6 is 0 Å². The lowest BCUT2D eigenvalue weighted by Crippen LogP contribution is -2.22. The van der Waals surface area contributed by atoms with Crippen LogP contribution in [0.2, 0.25) is 0 Å². The molecule has 17 heavy (non-hydrogen) atoms. The number of hydrogen-bond acceptors (Lipinski definition) is 2. The van der Waals surface area contributed by atoms with Crippen LogP contribution < -0.4 is 5.32 Å². The van der Waals surface area contributed by atoms with Gasteiger partial charge in [0.05, 0.1) is 5.52 Å². The van der Waals surface area contributed by atoms with Gasteiger partial charge in [0, 0.05) is 23.8 Å². The van der Waals surface area contributed by atoms with Crippen LogP contribution in [-0.4, -0.2) is 11.5 Å². The summed E-state index contributed by atoms with van der Waals surface area (Å²) in [6, 6.07) is 10.3. The van der Waals surface area contributed by atoms with E-state index in [1.807, 2.05) is 24.4 Å². The summed E-state index contributed by atoms with van der Waals surface area (Å²) >= 11 is 0. The van der Waals surface area contributed by atoms with Gasteiger partial charge in [0.15, 0.2) is 0 Å². The van der Waals surface area contributed by atoms with E-state index in [9.17, 15) is 0 Å². The summed E-state index contributed by atoms with van der Waals surface area (Å²) in [7, 11) is 0. The van der Waals surface area contributed by atoms with E-state index in [0.29, 0.717) is 5.41 Å². The molecule has 1 aromatic carbocycles. The lowest BCUT2D eigenvalue weighted by Gasteiger charge is -2.24. The second kappa shape index (κ2) is 4.74. The third-order valence-electron chi connectivity index (χ3n) is 3.36. The van der Waals surface area contributed by atoms with Gasteiger partial charge < -0.3 is 5.32 Å². The molecule has 2 rings (SSSR count). The molecule has 0 fully saturated rings. The molecule has 0 spiro atoms. The van der Waals surface area contributed by atoms with Gasteiger partial charge in [-0.05, 0) is 24.0 Å². The molecule has 0 saturated heterocycles. The van der Waals surface area contributed by atoms with Gasteiger partial charge in [-0.15, -0.1) is 0 Å². The molecule has 2 heteroatoms. The van der Waals surface area contributed by atoms with Crippen LogP contribution in [0.1, 0.15) is 27.2 Å². The van der Waals surface area contributed by atoms with Crippen LogP contribution in [0.5, 0.6) is 0 Å². The maximum atomic E-state index is 4.37. The minimum atomic E-state index is 0.324. The van der Waals surface area contributed by atoms with E-state index >= 15 is 0 Å². The Morgan fingerprint density at radius 2 is 1.94 bits per heavy atom. The molecule has 1 N–H and O–H groups in total. The first kappa shape index (κ1) is 11.9. The summed E-state index contributed by atoms with van der Waals surface area (Å²) in [5, 5.41) is 4.74. The molecule has 1 aromatic heterocycles. The van der Waals surface area contributed by atoms with Crippen LogP contribution in [0, 0.1) is 5.41 Å². The summed E-state index contributed by atoms with van der Waals surface area (Å²) < 4.78 is 0. The van der Waals surface area contributed by atoms with Crippen molar-refractivity contribution in [3.8, 4) is 0 Å². The number of pyridine rings is 1. The quantitative estimate of drug-likeness (QED) is 0.852. The second-order valence-corrected chi connectivity index (χ2v) is 5.25. The lowest BCUT2D eigenvalue weighted by atomic mass is 9.90. The highest BCUT2D eigenvalue weighted by atomic mass is 14.9. The first-order chi connectivity index (χ1) is 8.12. The molecule has 0 aliphatic heterocycles. The zero-order chi connectivity index (χ0) is 12.3. The van der Waals surface area contributed by atoms with Gasteiger partial charge in [-0.2, -0.15) is 0 Å². The highest BCUT2D eigenvalue weighted by Gasteiger charge is 2.14. The zero-order valence-corrected chi connectivity index (χ0v) is 10.8. The van der Waals surface area contributed by atoms with Crippen LogP contribution in [0.3, 0.4) is 0 Å². The summed E-state index contributed by atoms with van der Waals surface area (Å²) in [5.41, 5.74) is 2.55. The Morgan fingerprint density at radius 3 is 2.71 bits per heavy atom. The Kier molecular flexibility index (Phi) is 3.32. The minimum Gasteiger partial charge on any atom is -0.384 e. The Morgan fingerprint density at radius 1 is 1.18 bits per heavy atom. The number of aromatic nitrogens is 1. The zero-order valence-electron chi connectivity index (χ0n) is 10.8. The standard InChI is InChI=1S/C15H20N2/c1-4-15(2,3)11-17-14-9-10-16-13-8-6-5-7-12(13)14/h5-10H,4,11H2,1-3H3,(H,16,17). The van der Waals surface area contributed by atoms with Crippen LogP contribution in [-0.2, 0) is 0 Å². The third-order valence-corrected chi connectivity index (χ3v) is 3.36. The Labute approximate surface area is 103 Å². The summed E-state index contributed by atoms with van der Waals surface area (Å²) in [6.45, 7) is 7.77. The molecule has 0 amide bonds. The molecule has 0 atom stereocenters. The van der Waals surface area contributed by atoms with Gasteiger partial charge in [0.25, 0.3) is 0 Å². The molecule has 0 aliphatic carbocycles. The van der Waals surface area contributed by atoms with Crippen molar-refractivity contribution in [3.05, 3.63) is 36.5 Å². The number of nitrogens with zero attached hydrogens (tertiary/aromatic N) is 1. The van der Waals surface area contributed by atoms with Gasteiger partial charge in [-0.1, -0.05) is 39.0 Å². The fourth-order valence-electron chi connectivity index (χ4n) is 1.71. The minimum absolute atomic E-state index is 0.324. The number of rotatable bonds is 4. The normalized spacial score (nSPS) is 11.7. The van der Waals surface area contributed by atoms with E-state index in [-0.39, 0.29) is 0 Å². The molecule has 2 aromatic rings. The van der Waals surface area contributed by atoms with Crippen LogP contribution in [0.15, 0.2) is 36.5 Å². The van der Waals surface area contributed by atoms with Crippen molar-refractivity contribution >= 4 is 16.6 Å². The van der Waals surface area contributed by atoms with Crippen LogP contribution in [0.4, 0.5) is 5.69 Å². The predicted octanol–water partition coefficient (Wildman–Crippen LogP) is 4.08. The molecule has 0 bridgehead atoms. The van der Waals surface area contributed by atoms with Gasteiger partial charge in [-0.3, -0.25) is 4.98 Å². The number of benzene rings is 1. The molecule has 0 saturated carbocycles. The Bertz CT molecular complexity index is 498. The number of hydrogen-bond donors (Lipinski definition) is 1. The van der Waals surface area contributed by atoms with E-state index < -0.39 is 0 Å². The van der Waals surface area contributed by atoms with E-state index in [0.717, 1.165) is 12.1 Å². The van der Waals surface area contributed by atoms with Crippen LogP contribution in [0.25, 0.3) is 10.9 Å². The summed E-state index contributed by atoms with van der Waals surface area (Å²) in [4.78, 5) is 4.37. The van der Waals surface area contributed by atoms with Gasteiger partial charge in [0.1, 0.15) is 0 Å².